The van der Waals surface area contributed by atoms with Crippen LogP contribution in [-0.4, -0.2) is 30.1 Å². The summed E-state index contributed by atoms with van der Waals surface area (Å²) in [7, 11) is 3.06. The Labute approximate surface area is 131 Å². The monoisotopic (exact) mass is 313 g/mol. The van der Waals surface area contributed by atoms with E-state index >= 15 is 0 Å². The fraction of sp³-hybridized carbons (Fsp3) is 0.125. The Morgan fingerprint density at radius 2 is 1.83 bits per heavy atom. The van der Waals surface area contributed by atoms with E-state index in [0.717, 1.165) is 0 Å². The van der Waals surface area contributed by atoms with Crippen LogP contribution in [0.3, 0.4) is 0 Å². The standard InChI is InChI=1S/C16H15N3O4/c1-22-12-7-6-9(8-13(12)23-2)17-15(20)10-4-3-5-11-14(10)19-16(21)18-11/h3-8H,1-2H3,(H,17,20)(H2,18,19,21). The molecule has 0 unspecified atom stereocenters. The third-order valence-corrected chi connectivity index (χ3v) is 3.44. The summed E-state index contributed by atoms with van der Waals surface area (Å²) in [6.07, 6.45) is 0. The van der Waals surface area contributed by atoms with E-state index < -0.39 is 0 Å². The highest BCUT2D eigenvalue weighted by atomic mass is 16.5. The summed E-state index contributed by atoms with van der Waals surface area (Å²) in [6, 6.07) is 10.1. The smallest absolute Gasteiger partial charge is 0.323 e. The number of ether oxygens (including phenoxy) is 2. The number of anilines is 1. The van der Waals surface area contributed by atoms with E-state index in [1.807, 2.05) is 0 Å². The van der Waals surface area contributed by atoms with Crippen LogP contribution in [0.15, 0.2) is 41.2 Å². The van der Waals surface area contributed by atoms with E-state index in [1.165, 1.54) is 7.11 Å². The van der Waals surface area contributed by atoms with Crippen LogP contribution >= 0.6 is 0 Å². The Morgan fingerprint density at radius 1 is 1.04 bits per heavy atom. The van der Waals surface area contributed by atoms with E-state index in [1.54, 1.807) is 43.5 Å². The van der Waals surface area contributed by atoms with E-state index in [9.17, 15) is 9.59 Å². The summed E-state index contributed by atoms with van der Waals surface area (Å²) in [6.45, 7) is 0. The molecule has 0 radical (unpaired) electrons. The topological polar surface area (TPSA) is 96.2 Å². The van der Waals surface area contributed by atoms with Gasteiger partial charge in [0.05, 0.1) is 30.8 Å². The number of methoxy groups -OCH3 is 2. The average Bonchev–Trinajstić information content (AvgIpc) is 2.94. The normalized spacial score (nSPS) is 10.5. The van der Waals surface area contributed by atoms with Crippen molar-refractivity contribution >= 4 is 22.6 Å². The van der Waals surface area contributed by atoms with Crippen LogP contribution in [0.4, 0.5) is 5.69 Å². The second-order valence-corrected chi connectivity index (χ2v) is 4.83. The van der Waals surface area contributed by atoms with Crippen LogP contribution in [0.25, 0.3) is 11.0 Å². The number of rotatable bonds is 4. The van der Waals surface area contributed by atoms with Crippen LogP contribution < -0.4 is 20.5 Å². The number of para-hydroxylation sites is 1. The van der Waals surface area contributed by atoms with Gasteiger partial charge in [0.1, 0.15) is 0 Å². The fourth-order valence-electron chi connectivity index (χ4n) is 2.36. The molecule has 23 heavy (non-hydrogen) atoms. The van der Waals surface area contributed by atoms with Crippen molar-refractivity contribution in [3.63, 3.8) is 0 Å². The van der Waals surface area contributed by atoms with Crippen molar-refractivity contribution < 1.29 is 14.3 Å². The van der Waals surface area contributed by atoms with Crippen molar-refractivity contribution in [2.75, 3.05) is 19.5 Å². The number of amides is 1. The summed E-state index contributed by atoms with van der Waals surface area (Å²) in [4.78, 5) is 29.1. The second-order valence-electron chi connectivity index (χ2n) is 4.83. The molecule has 1 aromatic heterocycles. The lowest BCUT2D eigenvalue weighted by molar-refractivity contribution is 0.102. The van der Waals surface area contributed by atoms with E-state index in [-0.39, 0.29) is 11.6 Å². The van der Waals surface area contributed by atoms with Gasteiger partial charge in [0.2, 0.25) is 0 Å². The minimum Gasteiger partial charge on any atom is -0.493 e. The first-order valence-electron chi connectivity index (χ1n) is 6.87. The molecule has 7 heteroatoms. The zero-order chi connectivity index (χ0) is 16.4. The van der Waals surface area contributed by atoms with Gasteiger partial charge in [-0.05, 0) is 24.3 Å². The van der Waals surface area contributed by atoms with Gasteiger partial charge in [0, 0.05) is 11.8 Å². The number of aromatic amines is 2. The molecule has 118 valence electrons. The maximum Gasteiger partial charge on any atom is 0.323 e. The zero-order valence-corrected chi connectivity index (χ0v) is 12.6. The van der Waals surface area contributed by atoms with Crippen molar-refractivity contribution in [3.8, 4) is 11.5 Å². The number of benzene rings is 2. The molecule has 0 aliphatic carbocycles. The summed E-state index contributed by atoms with van der Waals surface area (Å²) in [5, 5.41) is 2.78. The minimum absolute atomic E-state index is 0.335. The number of H-pyrrole nitrogens is 2. The van der Waals surface area contributed by atoms with Crippen LogP contribution in [0.2, 0.25) is 0 Å². The summed E-state index contributed by atoms with van der Waals surface area (Å²) in [5.41, 5.74) is 1.62. The summed E-state index contributed by atoms with van der Waals surface area (Å²) in [5.74, 6) is 0.749. The van der Waals surface area contributed by atoms with Crippen molar-refractivity contribution in [3.05, 3.63) is 52.4 Å². The van der Waals surface area contributed by atoms with Crippen molar-refractivity contribution in [1.82, 2.24) is 9.97 Å². The predicted molar refractivity (Wildman–Crippen MR) is 86.4 cm³/mol. The molecular formula is C16H15N3O4. The van der Waals surface area contributed by atoms with Gasteiger partial charge in [-0.15, -0.1) is 0 Å². The van der Waals surface area contributed by atoms with Gasteiger partial charge < -0.3 is 24.8 Å². The zero-order valence-electron chi connectivity index (χ0n) is 12.6. The molecule has 0 fully saturated rings. The number of imidazole rings is 1. The highest BCUT2D eigenvalue weighted by Gasteiger charge is 2.13. The first-order valence-corrected chi connectivity index (χ1v) is 6.87. The average molecular weight is 313 g/mol. The van der Waals surface area contributed by atoms with Crippen LogP contribution in [0.5, 0.6) is 11.5 Å². The molecule has 2 aromatic carbocycles. The molecule has 3 aromatic rings. The van der Waals surface area contributed by atoms with E-state index in [4.69, 9.17) is 9.47 Å². The first-order chi connectivity index (χ1) is 11.1. The highest BCUT2D eigenvalue weighted by Crippen LogP contribution is 2.30. The molecule has 0 spiro atoms. The Bertz CT molecular complexity index is 926. The first kappa shape index (κ1) is 14.7. The van der Waals surface area contributed by atoms with Gasteiger partial charge in [-0.3, -0.25) is 4.79 Å². The Morgan fingerprint density at radius 3 is 2.57 bits per heavy atom. The molecular weight excluding hydrogens is 298 g/mol. The molecule has 3 rings (SSSR count). The van der Waals surface area contributed by atoms with Gasteiger partial charge in [-0.25, -0.2) is 4.79 Å². The van der Waals surface area contributed by atoms with Gasteiger partial charge >= 0.3 is 5.69 Å². The summed E-state index contributed by atoms with van der Waals surface area (Å²) >= 11 is 0. The number of aromatic nitrogens is 2. The lowest BCUT2D eigenvalue weighted by Crippen LogP contribution is -2.13. The SMILES string of the molecule is COc1ccc(NC(=O)c2cccc3[nH]c(=O)[nH]c23)cc1OC. The largest absolute Gasteiger partial charge is 0.493 e. The molecule has 0 saturated heterocycles. The van der Waals surface area contributed by atoms with Crippen LogP contribution in [-0.2, 0) is 0 Å². The number of nitrogens with one attached hydrogen (secondary N) is 3. The molecule has 7 nitrogen and oxygen atoms in total. The maximum absolute atomic E-state index is 12.5. The van der Waals surface area contributed by atoms with Gasteiger partial charge in [-0.2, -0.15) is 0 Å². The van der Waals surface area contributed by atoms with Gasteiger partial charge in [0.15, 0.2) is 11.5 Å². The molecule has 0 saturated carbocycles. The maximum atomic E-state index is 12.5. The van der Waals surface area contributed by atoms with Crippen molar-refractivity contribution in [2.45, 2.75) is 0 Å². The molecule has 0 aliphatic rings. The Kier molecular flexibility index (Phi) is 3.76. The fourth-order valence-corrected chi connectivity index (χ4v) is 2.36. The molecule has 1 amide bonds. The van der Waals surface area contributed by atoms with Crippen LogP contribution in [0.1, 0.15) is 10.4 Å². The Balaban J connectivity index is 1.93. The molecule has 0 aliphatic heterocycles. The van der Waals surface area contributed by atoms with E-state index in [2.05, 4.69) is 15.3 Å². The lowest BCUT2D eigenvalue weighted by atomic mass is 10.1. The highest BCUT2D eigenvalue weighted by molar-refractivity contribution is 6.11. The Hall–Kier alpha value is -3.22. The number of hydrogen-bond donors (Lipinski definition) is 3. The quantitative estimate of drug-likeness (QED) is 0.687. The van der Waals surface area contributed by atoms with Crippen molar-refractivity contribution in [1.29, 1.82) is 0 Å². The van der Waals surface area contributed by atoms with Gasteiger partial charge in [-0.1, -0.05) is 6.07 Å². The number of fused-ring (bicyclic) bond motifs is 1. The third-order valence-electron chi connectivity index (χ3n) is 3.44. The van der Waals surface area contributed by atoms with E-state index in [0.29, 0.717) is 33.8 Å². The minimum atomic E-state index is -0.355. The van der Waals surface area contributed by atoms with Crippen LogP contribution in [0, 0.1) is 0 Å². The molecule has 0 bridgehead atoms. The lowest BCUT2D eigenvalue weighted by Gasteiger charge is -2.11. The second kappa shape index (κ2) is 5.88. The third kappa shape index (κ3) is 2.76. The number of carbonyl (C=O) groups excluding carboxylic acids is 1. The molecule has 1 heterocycles. The molecule has 3 N–H and O–H groups in total. The number of carbonyl (C=O) groups is 1. The van der Waals surface area contributed by atoms with Gasteiger partial charge in [0.25, 0.3) is 5.91 Å². The van der Waals surface area contributed by atoms with Crippen molar-refractivity contribution in [2.24, 2.45) is 0 Å². The number of hydrogen-bond acceptors (Lipinski definition) is 4. The summed E-state index contributed by atoms with van der Waals surface area (Å²) < 4.78 is 10.4. The molecule has 0 atom stereocenters. The predicted octanol–water partition coefficient (Wildman–Crippen LogP) is 2.13.